The normalized spacial score (nSPS) is 15.6. The average molecular weight is 316 g/mol. The summed E-state index contributed by atoms with van der Waals surface area (Å²) in [6.07, 6.45) is 4.13. The van der Waals surface area contributed by atoms with E-state index in [-0.39, 0.29) is 12.1 Å². The quantitative estimate of drug-likeness (QED) is 0.905. The molecule has 116 valence electrons. The first kappa shape index (κ1) is 14.8. The van der Waals surface area contributed by atoms with Gasteiger partial charge in [0.25, 0.3) is 0 Å². The Kier molecular flexibility index (Phi) is 4.58. The zero-order valence-electron chi connectivity index (χ0n) is 12.6. The van der Waals surface area contributed by atoms with Gasteiger partial charge in [0.2, 0.25) is 0 Å². The monoisotopic (exact) mass is 316 g/mol. The Morgan fingerprint density at radius 3 is 2.86 bits per heavy atom. The lowest BCUT2D eigenvalue weighted by molar-refractivity contribution is 0.249. The van der Waals surface area contributed by atoms with Crippen LogP contribution in [-0.4, -0.2) is 24.1 Å². The Balaban J connectivity index is 1.66. The molecule has 2 aromatic heterocycles. The minimum atomic E-state index is -0.200. The lowest BCUT2D eigenvalue weighted by Crippen LogP contribution is -2.32. The predicted octanol–water partition coefficient (Wildman–Crippen LogP) is 3.63. The number of carbonyl (C=O) groups is 1. The fourth-order valence-corrected chi connectivity index (χ4v) is 3.37. The molecule has 0 unspecified atom stereocenters. The zero-order valence-corrected chi connectivity index (χ0v) is 13.4. The molecule has 0 aliphatic carbocycles. The van der Waals surface area contributed by atoms with E-state index in [4.69, 9.17) is 0 Å². The van der Waals surface area contributed by atoms with E-state index < -0.39 is 0 Å². The average Bonchev–Trinajstić information content (AvgIpc) is 3.21. The van der Waals surface area contributed by atoms with Crippen LogP contribution in [0.2, 0.25) is 0 Å². The maximum absolute atomic E-state index is 12.2. The van der Waals surface area contributed by atoms with Crippen LogP contribution in [0.15, 0.2) is 35.8 Å². The van der Waals surface area contributed by atoms with Crippen LogP contribution in [0.5, 0.6) is 0 Å². The van der Waals surface area contributed by atoms with E-state index >= 15 is 0 Å². The molecule has 0 aromatic carbocycles. The van der Waals surface area contributed by atoms with Gasteiger partial charge in [-0.15, -0.1) is 11.3 Å². The van der Waals surface area contributed by atoms with Crippen LogP contribution in [0, 0.1) is 0 Å². The highest BCUT2D eigenvalue weighted by molar-refractivity contribution is 7.10. The molecule has 0 spiro atoms. The third kappa shape index (κ3) is 3.39. The summed E-state index contributed by atoms with van der Waals surface area (Å²) >= 11 is 1.64. The van der Waals surface area contributed by atoms with Gasteiger partial charge in [-0.1, -0.05) is 6.07 Å². The molecule has 3 heterocycles. The largest absolute Gasteiger partial charge is 0.355 e. The highest BCUT2D eigenvalue weighted by Crippen LogP contribution is 2.26. The summed E-state index contributed by atoms with van der Waals surface area (Å²) in [5, 5.41) is 7.91. The number of hydrogen-bond donors (Lipinski definition) is 2. The van der Waals surface area contributed by atoms with Gasteiger partial charge in [0, 0.05) is 24.2 Å². The smallest absolute Gasteiger partial charge is 0.319 e. The topological polar surface area (TPSA) is 57.3 Å². The lowest BCUT2D eigenvalue weighted by Gasteiger charge is -2.20. The molecule has 3 rings (SSSR count). The maximum atomic E-state index is 12.2. The van der Waals surface area contributed by atoms with Gasteiger partial charge in [0.05, 0.1) is 11.7 Å². The van der Waals surface area contributed by atoms with E-state index in [2.05, 4.69) is 20.5 Å². The molecule has 2 N–H and O–H groups in total. The van der Waals surface area contributed by atoms with Crippen LogP contribution in [-0.2, 0) is 0 Å². The van der Waals surface area contributed by atoms with Gasteiger partial charge in [-0.2, -0.15) is 0 Å². The molecule has 0 saturated carbocycles. The van der Waals surface area contributed by atoms with Gasteiger partial charge in [-0.3, -0.25) is 0 Å². The number of rotatable bonds is 4. The van der Waals surface area contributed by atoms with Crippen LogP contribution < -0.4 is 15.5 Å². The molecule has 2 amide bonds. The van der Waals surface area contributed by atoms with E-state index in [1.165, 1.54) is 12.8 Å². The van der Waals surface area contributed by atoms with Crippen LogP contribution >= 0.6 is 11.3 Å². The molecule has 1 saturated heterocycles. The fourth-order valence-electron chi connectivity index (χ4n) is 2.64. The van der Waals surface area contributed by atoms with Crippen molar-refractivity contribution >= 4 is 28.9 Å². The highest BCUT2D eigenvalue weighted by Gasteiger charge is 2.18. The molecular weight excluding hydrogens is 296 g/mol. The Labute approximate surface area is 134 Å². The predicted molar refractivity (Wildman–Crippen MR) is 90.6 cm³/mol. The summed E-state index contributed by atoms with van der Waals surface area (Å²) in [6.45, 7) is 3.98. The van der Waals surface area contributed by atoms with Crippen LogP contribution in [0.4, 0.5) is 16.3 Å². The van der Waals surface area contributed by atoms with Gasteiger partial charge >= 0.3 is 6.03 Å². The second kappa shape index (κ2) is 6.79. The van der Waals surface area contributed by atoms with Crippen molar-refractivity contribution < 1.29 is 4.79 Å². The molecule has 1 fully saturated rings. The SMILES string of the molecule is C[C@@H](NC(=O)Nc1cccnc1N1CCCC1)c1cccs1. The van der Waals surface area contributed by atoms with Crippen molar-refractivity contribution in [2.45, 2.75) is 25.8 Å². The first-order valence-corrected chi connectivity index (χ1v) is 8.43. The van der Waals surface area contributed by atoms with E-state index in [1.807, 2.05) is 36.6 Å². The Morgan fingerprint density at radius 1 is 1.32 bits per heavy atom. The molecule has 2 aromatic rings. The van der Waals surface area contributed by atoms with E-state index in [9.17, 15) is 4.79 Å². The molecule has 0 bridgehead atoms. The van der Waals surface area contributed by atoms with Crippen molar-refractivity contribution in [3.05, 3.63) is 40.7 Å². The van der Waals surface area contributed by atoms with Crippen LogP contribution in [0.25, 0.3) is 0 Å². The van der Waals surface area contributed by atoms with E-state index in [0.29, 0.717) is 0 Å². The summed E-state index contributed by atoms with van der Waals surface area (Å²) in [6, 6.07) is 7.55. The van der Waals surface area contributed by atoms with Gasteiger partial charge in [-0.05, 0) is 43.3 Å². The number of hydrogen-bond acceptors (Lipinski definition) is 4. The molecule has 22 heavy (non-hydrogen) atoms. The van der Waals surface area contributed by atoms with Gasteiger partial charge in [0.15, 0.2) is 5.82 Å². The number of anilines is 2. The second-order valence-electron chi connectivity index (χ2n) is 5.40. The summed E-state index contributed by atoms with van der Waals surface area (Å²) in [5.74, 6) is 0.860. The summed E-state index contributed by atoms with van der Waals surface area (Å²) in [7, 11) is 0. The third-order valence-corrected chi connectivity index (χ3v) is 4.81. The number of carbonyl (C=O) groups excluding carboxylic acids is 1. The zero-order chi connectivity index (χ0) is 15.4. The number of aromatic nitrogens is 1. The van der Waals surface area contributed by atoms with E-state index in [1.54, 1.807) is 17.5 Å². The van der Waals surface area contributed by atoms with Crippen LogP contribution in [0.3, 0.4) is 0 Å². The number of urea groups is 1. The molecule has 5 nitrogen and oxygen atoms in total. The number of amides is 2. The molecular formula is C16H20N4OS. The van der Waals surface area contributed by atoms with Gasteiger partial charge in [-0.25, -0.2) is 9.78 Å². The van der Waals surface area contributed by atoms with Crippen molar-refractivity contribution in [1.82, 2.24) is 10.3 Å². The minimum absolute atomic E-state index is 0.00749. The van der Waals surface area contributed by atoms with E-state index in [0.717, 1.165) is 29.5 Å². The van der Waals surface area contributed by atoms with Crippen LogP contribution in [0.1, 0.15) is 30.7 Å². The molecule has 1 aliphatic rings. The molecule has 0 radical (unpaired) electrons. The Bertz CT molecular complexity index is 623. The molecule has 6 heteroatoms. The van der Waals surface area contributed by atoms with Gasteiger partial charge in [0.1, 0.15) is 0 Å². The molecule has 1 atom stereocenters. The van der Waals surface area contributed by atoms with Crippen molar-refractivity contribution in [1.29, 1.82) is 0 Å². The van der Waals surface area contributed by atoms with Gasteiger partial charge < -0.3 is 15.5 Å². The Hall–Kier alpha value is -2.08. The lowest BCUT2D eigenvalue weighted by atomic mass is 10.3. The summed E-state index contributed by atoms with van der Waals surface area (Å²) in [4.78, 5) is 20.0. The number of nitrogens with zero attached hydrogens (tertiary/aromatic N) is 2. The first-order valence-electron chi connectivity index (χ1n) is 7.55. The van der Waals surface area contributed by atoms with Crippen molar-refractivity contribution in [2.75, 3.05) is 23.3 Å². The first-order chi connectivity index (χ1) is 10.7. The minimum Gasteiger partial charge on any atom is -0.355 e. The summed E-state index contributed by atoms with van der Waals surface area (Å²) in [5.41, 5.74) is 0.764. The number of pyridine rings is 1. The van der Waals surface area contributed by atoms with Crippen molar-refractivity contribution in [2.24, 2.45) is 0 Å². The summed E-state index contributed by atoms with van der Waals surface area (Å²) < 4.78 is 0. The number of thiophene rings is 1. The number of nitrogens with one attached hydrogen (secondary N) is 2. The Morgan fingerprint density at radius 2 is 2.14 bits per heavy atom. The second-order valence-corrected chi connectivity index (χ2v) is 6.38. The standard InChI is InChI=1S/C16H20N4OS/c1-12(14-7-5-11-22-14)18-16(21)19-13-6-4-8-17-15(13)20-9-2-3-10-20/h4-8,11-12H,2-3,9-10H2,1H3,(H2,18,19,21)/t12-/m1/s1. The van der Waals surface area contributed by atoms with Crippen molar-refractivity contribution in [3.63, 3.8) is 0 Å². The fraction of sp³-hybridized carbons (Fsp3) is 0.375. The maximum Gasteiger partial charge on any atom is 0.319 e. The highest BCUT2D eigenvalue weighted by atomic mass is 32.1. The third-order valence-electron chi connectivity index (χ3n) is 3.76. The van der Waals surface area contributed by atoms with Crippen molar-refractivity contribution in [3.8, 4) is 0 Å². The molecule has 1 aliphatic heterocycles.